The van der Waals surface area contributed by atoms with Crippen LogP contribution in [-0.2, 0) is 11.8 Å². The summed E-state index contributed by atoms with van der Waals surface area (Å²) in [5, 5.41) is 33.1. The summed E-state index contributed by atoms with van der Waals surface area (Å²) in [6.07, 6.45) is -4.44. The van der Waals surface area contributed by atoms with Gasteiger partial charge in [-0.3, -0.25) is 4.68 Å². The van der Waals surface area contributed by atoms with Gasteiger partial charge in [-0.2, -0.15) is 10.1 Å². The number of H-pyrrole nitrogens is 1. The average Bonchev–Trinajstić information content (AvgIpc) is 2.89. The van der Waals surface area contributed by atoms with Crippen LogP contribution in [-0.4, -0.2) is 60.0 Å². The number of aromatic amines is 1. The Bertz CT molecular complexity index is 740. The largest absolute Gasteiger partial charge is 0.394 e. The van der Waals surface area contributed by atoms with Crippen molar-refractivity contribution in [1.82, 2.24) is 19.7 Å². The maximum absolute atomic E-state index is 11.5. The van der Waals surface area contributed by atoms with Gasteiger partial charge in [0.1, 0.15) is 35.6 Å². The van der Waals surface area contributed by atoms with Crippen molar-refractivity contribution in [2.24, 2.45) is 7.05 Å². The third-order valence-electron chi connectivity index (χ3n) is 3.58. The van der Waals surface area contributed by atoms with Crippen LogP contribution in [0.5, 0.6) is 0 Å². The molecule has 3 rings (SSSR count). The molecule has 114 valence electrons. The second kappa shape index (κ2) is 4.77. The van der Waals surface area contributed by atoms with Crippen molar-refractivity contribution < 1.29 is 20.1 Å². The lowest BCUT2D eigenvalue weighted by molar-refractivity contribution is -0.0237. The standard InChI is InChI=1S/C11H15N5O5/c1-16-6-4(13-11(20)14-10(6)12)5(15-16)9-8(19)7(18)3(2-17)21-9/h3,7-9,17-19H,2H2,1H3,(H3,12,13,14,20)/t3-,7-,8-,9+/m1/s1. The molecule has 21 heavy (non-hydrogen) atoms. The Hall–Kier alpha value is -2.01. The predicted octanol–water partition coefficient (Wildman–Crippen LogP) is -2.61. The first-order chi connectivity index (χ1) is 9.93. The van der Waals surface area contributed by atoms with E-state index in [0.29, 0.717) is 5.52 Å². The van der Waals surface area contributed by atoms with Crippen LogP contribution >= 0.6 is 0 Å². The van der Waals surface area contributed by atoms with Crippen molar-refractivity contribution in [2.75, 3.05) is 12.3 Å². The number of aryl methyl sites for hydroxylation is 1. The summed E-state index contributed by atoms with van der Waals surface area (Å²) in [6.45, 7) is -0.445. The lowest BCUT2D eigenvalue weighted by Crippen LogP contribution is -2.32. The van der Waals surface area contributed by atoms with Crippen molar-refractivity contribution >= 4 is 16.9 Å². The van der Waals surface area contributed by atoms with Crippen molar-refractivity contribution in [3.8, 4) is 0 Å². The monoisotopic (exact) mass is 297 g/mol. The van der Waals surface area contributed by atoms with E-state index in [0.717, 1.165) is 0 Å². The molecule has 6 N–H and O–H groups in total. The van der Waals surface area contributed by atoms with Crippen LogP contribution in [0.4, 0.5) is 5.82 Å². The van der Waals surface area contributed by atoms with Crippen LogP contribution in [0, 0.1) is 0 Å². The molecule has 1 fully saturated rings. The Morgan fingerprint density at radius 2 is 2.14 bits per heavy atom. The second-order valence-corrected chi connectivity index (χ2v) is 4.92. The number of fused-ring (bicyclic) bond motifs is 1. The van der Waals surface area contributed by atoms with Crippen LogP contribution in [0.15, 0.2) is 4.79 Å². The molecule has 2 aromatic heterocycles. The number of nitrogens with one attached hydrogen (secondary N) is 1. The predicted molar refractivity (Wildman–Crippen MR) is 70.3 cm³/mol. The zero-order valence-corrected chi connectivity index (χ0v) is 11.1. The fourth-order valence-corrected chi connectivity index (χ4v) is 2.58. The lowest BCUT2D eigenvalue weighted by Gasteiger charge is -2.12. The minimum absolute atomic E-state index is 0.00161. The molecule has 0 unspecified atom stereocenters. The van der Waals surface area contributed by atoms with E-state index < -0.39 is 36.7 Å². The Balaban J connectivity index is 2.16. The highest BCUT2D eigenvalue weighted by atomic mass is 16.6. The van der Waals surface area contributed by atoms with Gasteiger partial charge in [-0.1, -0.05) is 0 Å². The molecule has 0 bridgehead atoms. The number of rotatable bonds is 2. The molecule has 1 aliphatic heterocycles. The van der Waals surface area contributed by atoms with Gasteiger partial charge in [0.25, 0.3) is 0 Å². The van der Waals surface area contributed by atoms with E-state index in [2.05, 4.69) is 15.1 Å². The summed E-state index contributed by atoms with van der Waals surface area (Å²) in [4.78, 5) is 17.6. The zero-order chi connectivity index (χ0) is 15.3. The third-order valence-corrected chi connectivity index (χ3v) is 3.58. The molecule has 0 aromatic carbocycles. The van der Waals surface area contributed by atoms with Crippen molar-refractivity contribution in [3.05, 3.63) is 16.2 Å². The van der Waals surface area contributed by atoms with Crippen LogP contribution in [0.1, 0.15) is 11.8 Å². The number of nitrogens with two attached hydrogens (primary N) is 1. The molecule has 10 heteroatoms. The lowest BCUT2D eigenvalue weighted by atomic mass is 10.1. The number of aromatic nitrogens is 4. The van der Waals surface area contributed by atoms with Crippen LogP contribution in [0.2, 0.25) is 0 Å². The number of nitrogen functional groups attached to an aromatic ring is 1. The van der Waals surface area contributed by atoms with Crippen LogP contribution in [0.25, 0.3) is 11.0 Å². The molecule has 1 aliphatic rings. The number of hydrogen-bond acceptors (Lipinski definition) is 8. The molecule has 0 aliphatic carbocycles. The molecule has 0 saturated carbocycles. The van der Waals surface area contributed by atoms with E-state index in [9.17, 15) is 15.0 Å². The SMILES string of the molecule is Cn1nc([C@@H]2O[C@H](CO)[C@@H](O)[C@H]2O)c2[nH]c(=O)nc(N)c21. The maximum atomic E-state index is 11.5. The summed E-state index contributed by atoms with van der Waals surface area (Å²) in [7, 11) is 1.60. The maximum Gasteiger partial charge on any atom is 0.347 e. The van der Waals surface area contributed by atoms with E-state index in [4.69, 9.17) is 15.6 Å². The van der Waals surface area contributed by atoms with E-state index in [-0.39, 0.29) is 17.0 Å². The molecule has 0 amide bonds. The van der Waals surface area contributed by atoms with Crippen molar-refractivity contribution in [1.29, 1.82) is 0 Å². The van der Waals surface area contributed by atoms with Gasteiger partial charge in [0.15, 0.2) is 5.82 Å². The van der Waals surface area contributed by atoms with Crippen LogP contribution < -0.4 is 11.4 Å². The Morgan fingerprint density at radius 3 is 2.76 bits per heavy atom. The number of aliphatic hydroxyl groups excluding tert-OH is 3. The highest BCUT2D eigenvalue weighted by Crippen LogP contribution is 2.35. The van der Waals surface area contributed by atoms with E-state index >= 15 is 0 Å². The molecule has 4 atom stereocenters. The number of ether oxygens (including phenoxy) is 1. The van der Waals surface area contributed by atoms with Gasteiger partial charge in [-0.05, 0) is 0 Å². The van der Waals surface area contributed by atoms with Gasteiger partial charge in [0.05, 0.1) is 12.1 Å². The zero-order valence-electron chi connectivity index (χ0n) is 11.1. The first-order valence-electron chi connectivity index (χ1n) is 6.29. The van der Waals surface area contributed by atoms with Gasteiger partial charge in [-0.15, -0.1) is 0 Å². The smallest absolute Gasteiger partial charge is 0.347 e. The summed E-state index contributed by atoms with van der Waals surface area (Å²) < 4.78 is 6.81. The van der Waals surface area contributed by atoms with Gasteiger partial charge in [0, 0.05) is 7.05 Å². The minimum atomic E-state index is -1.28. The van der Waals surface area contributed by atoms with Crippen molar-refractivity contribution in [3.63, 3.8) is 0 Å². The summed E-state index contributed by atoms with van der Waals surface area (Å²) in [5.41, 5.74) is 5.95. The number of nitrogens with zero attached hydrogens (tertiary/aromatic N) is 3. The first kappa shape index (κ1) is 13.9. The molecule has 0 spiro atoms. The minimum Gasteiger partial charge on any atom is -0.394 e. The normalized spacial score (nSPS) is 29.3. The van der Waals surface area contributed by atoms with E-state index in [1.807, 2.05) is 0 Å². The Kier molecular flexibility index (Phi) is 3.17. The van der Waals surface area contributed by atoms with Gasteiger partial charge in [-0.25, -0.2) is 4.79 Å². The topological polar surface area (TPSA) is 160 Å². The summed E-state index contributed by atoms with van der Waals surface area (Å²) in [6, 6.07) is 0. The average molecular weight is 297 g/mol. The van der Waals surface area contributed by atoms with E-state index in [1.165, 1.54) is 4.68 Å². The molecule has 0 radical (unpaired) electrons. The summed E-state index contributed by atoms with van der Waals surface area (Å²) >= 11 is 0. The van der Waals surface area contributed by atoms with Gasteiger partial charge in [0.2, 0.25) is 0 Å². The molecule has 10 nitrogen and oxygen atoms in total. The Morgan fingerprint density at radius 1 is 1.43 bits per heavy atom. The third kappa shape index (κ3) is 2.00. The molecular weight excluding hydrogens is 282 g/mol. The fraction of sp³-hybridized carbons (Fsp3) is 0.545. The first-order valence-corrected chi connectivity index (χ1v) is 6.29. The number of aliphatic hydroxyl groups is 3. The molecular formula is C11H15N5O5. The van der Waals surface area contributed by atoms with E-state index in [1.54, 1.807) is 7.05 Å². The highest BCUT2D eigenvalue weighted by Gasteiger charge is 2.45. The molecule has 3 heterocycles. The molecule has 2 aromatic rings. The van der Waals surface area contributed by atoms with Gasteiger partial charge < -0.3 is 30.8 Å². The fourth-order valence-electron chi connectivity index (χ4n) is 2.58. The van der Waals surface area contributed by atoms with Gasteiger partial charge >= 0.3 is 5.69 Å². The summed E-state index contributed by atoms with van der Waals surface area (Å²) in [5.74, 6) is 0.00161. The van der Waals surface area contributed by atoms with Crippen LogP contribution in [0.3, 0.4) is 0 Å². The number of hydrogen-bond donors (Lipinski definition) is 5. The number of anilines is 1. The quantitative estimate of drug-likeness (QED) is 0.403. The molecule has 1 saturated heterocycles. The Labute approximate surface area is 117 Å². The second-order valence-electron chi connectivity index (χ2n) is 4.92. The highest BCUT2D eigenvalue weighted by molar-refractivity contribution is 5.86. The van der Waals surface area contributed by atoms with Crippen molar-refractivity contribution in [2.45, 2.75) is 24.4 Å².